The molecule has 1 saturated carbocycles. The van der Waals surface area contributed by atoms with Crippen molar-refractivity contribution in [1.82, 2.24) is 4.90 Å². The largest absolute Gasteiger partial charge is 0.492 e. The van der Waals surface area contributed by atoms with E-state index < -0.39 is 0 Å². The van der Waals surface area contributed by atoms with E-state index in [0.29, 0.717) is 12.0 Å². The zero-order chi connectivity index (χ0) is 17.7. The fourth-order valence-corrected chi connectivity index (χ4v) is 5.55. The third-order valence-corrected chi connectivity index (χ3v) is 7.54. The van der Waals surface area contributed by atoms with Crippen molar-refractivity contribution in [3.8, 4) is 5.75 Å². The Morgan fingerprint density at radius 1 is 1.32 bits per heavy atom. The third-order valence-electron chi connectivity index (χ3n) is 4.92. The minimum Gasteiger partial charge on any atom is -0.492 e. The standard InChI is InChI=1S/C19H26N2OS3/c1-3-22-16-10-6-5-9-15(16)20-17-21(18(23)24-2)13-19(14-25-17)11-7-4-8-12-19/h5-6,9-10H,3-4,7-8,11-14H2,1-2H3. The SMILES string of the molecule is CCOc1ccccc1N=C1SCC2(CCCCC2)CN1C(=S)SC. The summed E-state index contributed by atoms with van der Waals surface area (Å²) in [6, 6.07) is 8.00. The molecule has 25 heavy (non-hydrogen) atoms. The van der Waals surface area contributed by atoms with Crippen molar-refractivity contribution in [2.45, 2.75) is 39.0 Å². The topological polar surface area (TPSA) is 24.8 Å². The van der Waals surface area contributed by atoms with Crippen molar-refractivity contribution < 1.29 is 4.74 Å². The van der Waals surface area contributed by atoms with Crippen LogP contribution in [-0.2, 0) is 0 Å². The molecule has 1 heterocycles. The van der Waals surface area contributed by atoms with Crippen LogP contribution in [0, 0.1) is 5.41 Å². The van der Waals surface area contributed by atoms with Crippen LogP contribution in [0.1, 0.15) is 39.0 Å². The van der Waals surface area contributed by atoms with Gasteiger partial charge in [0.15, 0.2) is 5.17 Å². The van der Waals surface area contributed by atoms with Crippen LogP contribution in [0.3, 0.4) is 0 Å². The van der Waals surface area contributed by atoms with Crippen molar-refractivity contribution in [2.75, 3.05) is 25.2 Å². The first kappa shape index (κ1) is 19.1. The van der Waals surface area contributed by atoms with Crippen molar-refractivity contribution in [1.29, 1.82) is 0 Å². The van der Waals surface area contributed by atoms with Gasteiger partial charge in [-0.25, -0.2) is 4.99 Å². The third kappa shape index (κ3) is 4.52. The molecular weight excluding hydrogens is 368 g/mol. The van der Waals surface area contributed by atoms with Gasteiger partial charge in [0.05, 0.1) is 6.61 Å². The zero-order valence-corrected chi connectivity index (χ0v) is 17.4. The van der Waals surface area contributed by atoms with Gasteiger partial charge < -0.3 is 9.64 Å². The summed E-state index contributed by atoms with van der Waals surface area (Å²) in [6.45, 7) is 3.65. The van der Waals surface area contributed by atoms with Crippen molar-refractivity contribution in [3.63, 3.8) is 0 Å². The number of thiocarbonyl (C=S) groups is 1. The maximum Gasteiger partial charge on any atom is 0.170 e. The van der Waals surface area contributed by atoms with Gasteiger partial charge in [-0.3, -0.25) is 0 Å². The monoisotopic (exact) mass is 394 g/mol. The second kappa shape index (κ2) is 8.78. The van der Waals surface area contributed by atoms with Crippen LogP contribution in [0.4, 0.5) is 5.69 Å². The molecule has 0 amide bonds. The molecule has 1 aromatic carbocycles. The molecule has 0 radical (unpaired) electrons. The van der Waals surface area contributed by atoms with Crippen LogP contribution in [0.25, 0.3) is 0 Å². The van der Waals surface area contributed by atoms with Gasteiger partial charge in [-0.2, -0.15) is 0 Å². The van der Waals surface area contributed by atoms with Crippen molar-refractivity contribution >= 4 is 50.9 Å². The first-order valence-corrected chi connectivity index (χ1v) is 11.6. The summed E-state index contributed by atoms with van der Waals surface area (Å²) in [5, 5.41) is 1.02. The van der Waals surface area contributed by atoms with E-state index in [2.05, 4.69) is 11.2 Å². The number of rotatable bonds is 3. The first-order valence-electron chi connectivity index (χ1n) is 8.96. The highest BCUT2D eigenvalue weighted by Gasteiger charge is 2.40. The molecule has 1 spiro atoms. The van der Waals surface area contributed by atoms with Gasteiger partial charge in [-0.15, -0.1) is 0 Å². The minimum absolute atomic E-state index is 0.404. The number of hydrogen-bond donors (Lipinski definition) is 0. The quantitative estimate of drug-likeness (QED) is 0.611. The number of amidine groups is 1. The highest BCUT2D eigenvalue weighted by atomic mass is 32.2. The van der Waals surface area contributed by atoms with Crippen molar-refractivity contribution in [2.24, 2.45) is 10.4 Å². The average molecular weight is 395 g/mol. The normalized spacial score (nSPS) is 21.5. The summed E-state index contributed by atoms with van der Waals surface area (Å²) in [7, 11) is 0. The highest BCUT2D eigenvalue weighted by Crippen LogP contribution is 2.44. The van der Waals surface area contributed by atoms with Crippen LogP contribution >= 0.6 is 35.7 Å². The second-order valence-corrected chi connectivity index (χ2v) is 9.08. The fourth-order valence-electron chi connectivity index (χ4n) is 3.62. The summed E-state index contributed by atoms with van der Waals surface area (Å²) in [5.41, 5.74) is 1.29. The van der Waals surface area contributed by atoms with E-state index in [1.807, 2.05) is 43.0 Å². The maximum atomic E-state index is 5.74. The Labute approximate surface area is 165 Å². The number of thioether (sulfide) groups is 2. The maximum absolute atomic E-state index is 5.74. The zero-order valence-electron chi connectivity index (χ0n) is 15.0. The molecule has 2 aliphatic rings. The van der Waals surface area contributed by atoms with Crippen molar-refractivity contribution in [3.05, 3.63) is 24.3 Å². The van der Waals surface area contributed by atoms with E-state index in [9.17, 15) is 0 Å². The molecule has 1 aliphatic carbocycles. The summed E-state index contributed by atoms with van der Waals surface area (Å²) >= 11 is 9.17. The van der Waals surface area contributed by atoms with Gasteiger partial charge in [0.25, 0.3) is 0 Å². The number of para-hydroxylation sites is 2. The molecule has 2 fully saturated rings. The second-order valence-electron chi connectivity index (χ2n) is 6.70. The number of nitrogens with zero attached hydrogens (tertiary/aromatic N) is 2. The average Bonchev–Trinajstić information content (AvgIpc) is 2.65. The molecule has 3 nitrogen and oxygen atoms in total. The van der Waals surface area contributed by atoms with Gasteiger partial charge in [0.1, 0.15) is 15.8 Å². The summed E-state index contributed by atoms with van der Waals surface area (Å²) in [5.74, 6) is 1.99. The lowest BCUT2D eigenvalue weighted by molar-refractivity contribution is 0.194. The summed E-state index contributed by atoms with van der Waals surface area (Å²) < 4.78 is 6.66. The number of hydrogen-bond acceptors (Lipinski definition) is 5. The Kier molecular flexibility index (Phi) is 6.69. The Balaban J connectivity index is 1.88. The minimum atomic E-state index is 0.404. The molecule has 0 aromatic heterocycles. The van der Waals surface area contributed by atoms with Gasteiger partial charge in [-0.1, -0.05) is 67.1 Å². The molecule has 0 N–H and O–H groups in total. The van der Waals surface area contributed by atoms with Gasteiger partial charge >= 0.3 is 0 Å². The van der Waals surface area contributed by atoms with Crippen LogP contribution < -0.4 is 4.74 Å². The van der Waals surface area contributed by atoms with E-state index in [1.54, 1.807) is 11.8 Å². The summed E-state index contributed by atoms with van der Waals surface area (Å²) in [6.07, 6.45) is 8.76. The predicted molar refractivity (Wildman–Crippen MR) is 116 cm³/mol. The van der Waals surface area contributed by atoms with E-state index in [0.717, 1.165) is 33.2 Å². The molecule has 136 valence electrons. The van der Waals surface area contributed by atoms with Gasteiger partial charge in [-0.05, 0) is 43.6 Å². The van der Waals surface area contributed by atoms with E-state index >= 15 is 0 Å². The Morgan fingerprint density at radius 2 is 2.08 bits per heavy atom. The van der Waals surface area contributed by atoms with Crippen LogP contribution in [0.15, 0.2) is 29.3 Å². The molecule has 0 bridgehead atoms. The molecule has 3 rings (SSSR count). The lowest BCUT2D eigenvalue weighted by Gasteiger charge is -2.45. The van der Waals surface area contributed by atoms with E-state index in [-0.39, 0.29) is 0 Å². The lowest BCUT2D eigenvalue weighted by atomic mass is 9.75. The van der Waals surface area contributed by atoms with Crippen LogP contribution in [0.2, 0.25) is 0 Å². The van der Waals surface area contributed by atoms with Gasteiger partial charge in [0.2, 0.25) is 0 Å². The highest BCUT2D eigenvalue weighted by molar-refractivity contribution is 8.23. The molecular formula is C19H26N2OS3. The molecule has 1 aromatic rings. The lowest BCUT2D eigenvalue weighted by Crippen LogP contribution is -2.48. The molecule has 6 heteroatoms. The number of aliphatic imine (C=N–C) groups is 1. The molecule has 0 atom stereocenters. The fraction of sp³-hybridized carbons (Fsp3) is 0.579. The summed E-state index contributed by atoms with van der Waals surface area (Å²) in [4.78, 5) is 7.21. The Morgan fingerprint density at radius 3 is 2.80 bits per heavy atom. The van der Waals surface area contributed by atoms with Crippen LogP contribution in [0.5, 0.6) is 5.75 Å². The smallest absolute Gasteiger partial charge is 0.170 e. The predicted octanol–water partition coefficient (Wildman–Crippen LogP) is 5.72. The van der Waals surface area contributed by atoms with E-state index in [1.165, 1.54) is 32.1 Å². The molecule has 1 saturated heterocycles. The molecule has 1 aliphatic heterocycles. The Hall–Kier alpha value is -0.720. The van der Waals surface area contributed by atoms with Gasteiger partial charge in [0, 0.05) is 12.3 Å². The number of benzene rings is 1. The Bertz CT molecular complexity index is 641. The first-order chi connectivity index (χ1) is 12.2. The van der Waals surface area contributed by atoms with Crippen LogP contribution in [-0.4, -0.2) is 39.5 Å². The molecule has 0 unspecified atom stereocenters. The van der Waals surface area contributed by atoms with E-state index in [4.69, 9.17) is 21.9 Å². The number of ether oxygens (including phenoxy) is 1.